The average Bonchev–Trinajstić information content (AvgIpc) is 2.11. The van der Waals surface area contributed by atoms with Crippen LogP contribution in [-0.4, -0.2) is 6.00 Å². The zero-order valence-electron chi connectivity index (χ0n) is 5.91. The van der Waals surface area contributed by atoms with Gasteiger partial charge in [-0.05, 0) is 17.9 Å². The Balaban J connectivity index is 2.55. The lowest BCUT2D eigenvalue weighted by Gasteiger charge is -2.20. The van der Waals surface area contributed by atoms with E-state index in [1.165, 1.54) is 12.8 Å². The van der Waals surface area contributed by atoms with Crippen molar-refractivity contribution >= 4 is 39.2 Å². The molecule has 10 heavy (non-hydrogen) atoms. The van der Waals surface area contributed by atoms with Gasteiger partial charge in [0.1, 0.15) is 0 Å². The SMILES string of the molecule is CC1CCCC1[Si](Cl)(Cl)Cl. The molecule has 1 aliphatic carbocycles. The van der Waals surface area contributed by atoms with E-state index in [9.17, 15) is 0 Å². The van der Waals surface area contributed by atoms with Crippen LogP contribution in [0.1, 0.15) is 26.2 Å². The molecule has 0 aromatic rings. The highest BCUT2D eigenvalue weighted by molar-refractivity contribution is 7.65. The van der Waals surface area contributed by atoms with Crippen molar-refractivity contribution in [3.8, 4) is 0 Å². The molecule has 0 aromatic carbocycles. The van der Waals surface area contributed by atoms with Crippen LogP contribution in [-0.2, 0) is 0 Å². The monoisotopic (exact) mass is 216 g/mol. The molecular weight excluding hydrogens is 207 g/mol. The lowest BCUT2D eigenvalue weighted by molar-refractivity contribution is 0.606. The predicted molar refractivity (Wildman–Crippen MR) is 50.1 cm³/mol. The Labute approximate surface area is 77.0 Å². The summed E-state index contributed by atoms with van der Waals surface area (Å²) in [5, 5.41) is 0. The van der Waals surface area contributed by atoms with Crippen molar-refractivity contribution in [3.05, 3.63) is 0 Å². The Morgan fingerprint density at radius 2 is 1.80 bits per heavy atom. The second-order valence-electron chi connectivity index (χ2n) is 3.06. The molecule has 0 bridgehead atoms. The molecule has 1 aliphatic rings. The van der Waals surface area contributed by atoms with E-state index >= 15 is 0 Å². The van der Waals surface area contributed by atoms with Crippen LogP contribution >= 0.6 is 33.2 Å². The van der Waals surface area contributed by atoms with E-state index < -0.39 is 6.00 Å². The van der Waals surface area contributed by atoms with E-state index in [1.807, 2.05) is 0 Å². The summed E-state index contributed by atoms with van der Waals surface area (Å²) in [5.74, 6) is 0.638. The smallest absolute Gasteiger partial charge is 0.126 e. The molecule has 1 saturated carbocycles. The van der Waals surface area contributed by atoms with E-state index in [4.69, 9.17) is 33.2 Å². The van der Waals surface area contributed by atoms with E-state index in [0.717, 1.165) is 6.42 Å². The molecule has 2 unspecified atom stereocenters. The maximum absolute atomic E-state index is 5.90. The summed E-state index contributed by atoms with van der Waals surface area (Å²) in [6.07, 6.45) is 3.61. The zero-order valence-corrected chi connectivity index (χ0v) is 9.18. The van der Waals surface area contributed by atoms with Gasteiger partial charge in [0.25, 0.3) is 0 Å². The van der Waals surface area contributed by atoms with Crippen LogP contribution in [0.4, 0.5) is 0 Å². The Morgan fingerprint density at radius 1 is 1.20 bits per heavy atom. The minimum absolute atomic E-state index is 0.414. The first-order valence-electron chi connectivity index (χ1n) is 3.58. The maximum Gasteiger partial charge on any atom is 0.344 e. The Kier molecular flexibility index (Phi) is 2.95. The normalized spacial score (nSPS) is 34.8. The Bertz CT molecular complexity index is 121. The van der Waals surface area contributed by atoms with Gasteiger partial charge in [-0.1, -0.05) is 19.8 Å². The van der Waals surface area contributed by atoms with Crippen LogP contribution in [0.3, 0.4) is 0 Å². The summed E-state index contributed by atoms with van der Waals surface area (Å²) in [7, 11) is 0. The summed E-state index contributed by atoms with van der Waals surface area (Å²) in [4.78, 5) is 0. The van der Waals surface area contributed by atoms with Gasteiger partial charge in [-0.15, -0.1) is 33.2 Å². The first kappa shape index (κ1) is 9.18. The quantitative estimate of drug-likeness (QED) is 0.463. The molecule has 1 fully saturated rings. The Hall–Kier alpha value is 1.09. The fourth-order valence-electron chi connectivity index (χ4n) is 1.63. The van der Waals surface area contributed by atoms with Gasteiger partial charge in [0.2, 0.25) is 0 Å². The third kappa shape index (κ3) is 2.04. The molecule has 0 spiro atoms. The van der Waals surface area contributed by atoms with Crippen molar-refractivity contribution in [1.82, 2.24) is 0 Å². The average molecular weight is 218 g/mol. The highest BCUT2D eigenvalue weighted by Gasteiger charge is 2.42. The van der Waals surface area contributed by atoms with Gasteiger partial charge < -0.3 is 0 Å². The first-order valence-corrected chi connectivity index (χ1v) is 8.70. The summed E-state index contributed by atoms with van der Waals surface area (Å²) in [6, 6.07) is -2.37. The van der Waals surface area contributed by atoms with Crippen molar-refractivity contribution in [1.29, 1.82) is 0 Å². The molecule has 0 aromatic heterocycles. The molecule has 0 saturated heterocycles. The minimum atomic E-state index is -2.37. The van der Waals surface area contributed by atoms with E-state index in [2.05, 4.69) is 6.92 Å². The summed E-state index contributed by atoms with van der Waals surface area (Å²) in [6.45, 7) is 2.19. The van der Waals surface area contributed by atoms with Gasteiger partial charge in [-0.25, -0.2) is 0 Å². The summed E-state index contributed by atoms with van der Waals surface area (Å²) >= 11 is 17.7. The molecule has 0 aliphatic heterocycles. The van der Waals surface area contributed by atoms with E-state index in [1.54, 1.807) is 0 Å². The fraction of sp³-hybridized carbons (Fsp3) is 1.00. The molecule has 0 heterocycles. The van der Waals surface area contributed by atoms with Gasteiger partial charge in [0.05, 0.1) is 0 Å². The topological polar surface area (TPSA) is 0 Å². The molecule has 0 amide bonds. The lowest BCUT2D eigenvalue weighted by atomic mass is 10.1. The largest absolute Gasteiger partial charge is 0.344 e. The van der Waals surface area contributed by atoms with E-state index in [-0.39, 0.29) is 0 Å². The van der Waals surface area contributed by atoms with Crippen LogP contribution in [0.5, 0.6) is 0 Å². The van der Waals surface area contributed by atoms with Crippen LogP contribution in [0.25, 0.3) is 0 Å². The van der Waals surface area contributed by atoms with Crippen LogP contribution in [0.2, 0.25) is 5.54 Å². The highest BCUT2D eigenvalue weighted by Crippen LogP contribution is 2.48. The third-order valence-electron chi connectivity index (χ3n) is 2.28. The molecule has 0 N–H and O–H groups in total. The van der Waals surface area contributed by atoms with Crippen LogP contribution < -0.4 is 0 Å². The molecule has 0 radical (unpaired) electrons. The van der Waals surface area contributed by atoms with Crippen LogP contribution in [0.15, 0.2) is 0 Å². The zero-order chi connectivity index (χ0) is 7.78. The van der Waals surface area contributed by atoms with E-state index in [0.29, 0.717) is 11.5 Å². The number of halogens is 3. The number of hydrogen-bond acceptors (Lipinski definition) is 0. The molecular formula is C6H11Cl3Si. The van der Waals surface area contributed by atoms with Crippen molar-refractivity contribution in [2.45, 2.75) is 31.7 Å². The molecule has 60 valence electrons. The fourth-order valence-corrected chi connectivity index (χ4v) is 5.89. The summed E-state index contributed by atoms with van der Waals surface area (Å²) < 4.78 is 0. The van der Waals surface area contributed by atoms with Crippen molar-refractivity contribution in [3.63, 3.8) is 0 Å². The minimum Gasteiger partial charge on any atom is -0.126 e. The molecule has 2 atom stereocenters. The van der Waals surface area contributed by atoms with Gasteiger partial charge >= 0.3 is 6.00 Å². The number of hydrogen-bond donors (Lipinski definition) is 0. The molecule has 0 nitrogen and oxygen atoms in total. The summed E-state index contributed by atoms with van der Waals surface area (Å²) in [5.41, 5.74) is 0.414. The third-order valence-corrected chi connectivity index (χ3v) is 6.50. The standard InChI is InChI=1S/C6H11Cl3Si/c1-5-3-2-4-6(5)10(7,8)9/h5-6H,2-4H2,1H3. The highest BCUT2D eigenvalue weighted by atomic mass is 35.8. The van der Waals surface area contributed by atoms with Crippen molar-refractivity contribution in [2.24, 2.45) is 5.92 Å². The second kappa shape index (κ2) is 3.22. The van der Waals surface area contributed by atoms with Gasteiger partial charge in [0.15, 0.2) is 0 Å². The first-order chi connectivity index (χ1) is 4.52. The van der Waals surface area contributed by atoms with Crippen LogP contribution in [0, 0.1) is 5.92 Å². The number of rotatable bonds is 1. The lowest BCUT2D eigenvalue weighted by Crippen LogP contribution is -2.21. The molecule has 1 rings (SSSR count). The van der Waals surface area contributed by atoms with Gasteiger partial charge in [-0.2, -0.15) is 0 Å². The Morgan fingerprint density at radius 3 is 2.00 bits per heavy atom. The van der Waals surface area contributed by atoms with Gasteiger partial charge in [-0.3, -0.25) is 0 Å². The van der Waals surface area contributed by atoms with Crippen molar-refractivity contribution < 1.29 is 0 Å². The second-order valence-corrected chi connectivity index (χ2v) is 12.0. The van der Waals surface area contributed by atoms with Gasteiger partial charge in [0, 0.05) is 0 Å². The maximum atomic E-state index is 5.90. The van der Waals surface area contributed by atoms with Crippen molar-refractivity contribution in [2.75, 3.05) is 0 Å². The molecule has 4 heteroatoms. The predicted octanol–water partition coefficient (Wildman–Crippen LogP) is 3.83.